The highest BCUT2D eigenvalue weighted by molar-refractivity contribution is 7.99. The van der Waals surface area contributed by atoms with Crippen LogP contribution in [0.4, 0.5) is 5.69 Å². The maximum absolute atomic E-state index is 12.4. The van der Waals surface area contributed by atoms with Crippen LogP contribution in [-0.2, 0) is 4.79 Å². The van der Waals surface area contributed by atoms with Gasteiger partial charge in [0.15, 0.2) is 0 Å². The summed E-state index contributed by atoms with van der Waals surface area (Å²) in [7, 11) is 0. The maximum Gasteiger partial charge on any atom is 0.244 e. The molecule has 3 nitrogen and oxygen atoms in total. The molecule has 1 amide bonds. The Bertz CT molecular complexity index is 402. The fourth-order valence-corrected chi connectivity index (χ4v) is 2.99. The van der Waals surface area contributed by atoms with E-state index < -0.39 is 0 Å². The summed E-state index contributed by atoms with van der Waals surface area (Å²) in [6.07, 6.45) is 0. The Morgan fingerprint density at radius 3 is 2.88 bits per heavy atom. The maximum atomic E-state index is 12.4. The Hall–Kier alpha value is -1.00. The molecule has 1 aliphatic heterocycles. The molecule has 1 unspecified atom stereocenters. The van der Waals surface area contributed by atoms with Crippen LogP contribution >= 0.6 is 11.8 Å². The summed E-state index contributed by atoms with van der Waals surface area (Å²) in [5.74, 6) is 1.94. The fourth-order valence-electron chi connectivity index (χ4n) is 2.05. The molecule has 92 valence electrons. The summed E-state index contributed by atoms with van der Waals surface area (Å²) in [5.41, 5.74) is 2.17. The Morgan fingerprint density at radius 2 is 2.29 bits per heavy atom. The molecule has 1 N–H and O–H groups in total. The SMILES string of the molecule is CCN(C(=O)C1CSCN1)c1ccccc1C. The van der Waals surface area contributed by atoms with Crippen molar-refractivity contribution in [2.45, 2.75) is 19.9 Å². The first kappa shape index (κ1) is 12.5. The molecule has 1 fully saturated rings. The van der Waals surface area contributed by atoms with Gasteiger partial charge < -0.3 is 4.90 Å². The van der Waals surface area contributed by atoms with Crippen LogP contribution in [-0.4, -0.2) is 30.1 Å². The van der Waals surface area contributed by atoms with E-state index in [1.54, 1.807) is 11.8 Å². The van der Waals surface area contributed by atoms with Crippen LogP contribution in [0.25, 0.3) is 0 Å². The standard InChI is InChI=1S/C13H18N2OS/c1-3-15(12-7-5-4-6-10(12)2)13(16)11-8-17-9-14-11/h4-7,11,14H,3,8-9H2,1-2H3. The predicted octanol–water partition coefficient (Wildman–Crippen LogP) is 2.01. The lowest BCUT2D eigenvalue weighted by molar-refractivity contribution is -0.119. The normalized spacial score (nSPS) is 19.3. The highest BCUT2D eigenvalue weighted by atomic mass is 32.2. The van der Waals surface area contributed by atoms with Gasteiger partial charge in [0.05, 0.1) is 6.04 Å². The van der Waals surface area contributed by atoms with Crippen LogP contribution in [0, 0.1) is 6.92 Å². The molecular weight excluding hydrogens is 232 g/mol. The van der Waals surface area contributed by atoms with Crippen LogP contribution < -0.4 is 10.2 Å². The van der Waals surface area contributed by atoms with Crippen LogP contribution in [0.15, 0.2) is 24.3 Å². The summed E-state index contributed by atoms with van der Waals surface area (Å²) in [5, 5.41) is 3.23. The smallest absolute Gasteiger partial charge is 0.244 e. The van der Waals surface area contributed by atoms with E-state index in [1.807, 2.05) is 43.0 Å². The molecule has 0 saturated carbocycles. The van der Waals surface area contributed by atoms with E-state index in [-0.39, 0.29) is 11.9 Å². The highest BCUT2D eigenvalue weighted by Crippen LogP contribution is 2.21. The first-order valence-corrected chi connectivity index (χ1v) is 7.07. The van der Waals surface area contributed by atoms with Crippen molar-refractivity contribution in [1.82, 2.24) is 5.32 Å². The molecule has 1 heterocycles. The largest absolute Gasteiger partial charge is 0.311 e. The number of nitrogens with one attached hydrogen (secondary N) is 1. The van der Waals surface area contributed by atoms with Gasteiger partial charge in [-0.15, -0.1) is 11.8 Å². The topological polar surface area (TPSA) is 32.3 Å². The molecule has 1 atom stereocenters. The minimum atomic E-state index is -0.0282. The molecule has 2 rings (SSSR count). The van der Waals surface area contributed by atoms with Crippen LogP contribution in [0.1, 0.15) is 12.5 Å². The second-order valence-electron chi connectivity index (χ2n) is 4.14. The first-order chi connectivity index (χ1) is 8.24. The zero-order valence-electron chi connectivity index (χ0n) is 10.3. The number of thioether (sulfide) groups is 1. The van der Waals surface area contributed by atoms with Crippen molar-refractivity contribution in [2.24, 2.45) is 0 Å². The number of benzene rings is 1. The van der Waals surface area contributed by atoms with E-state index in [2.05, 4.69) is 5.32 Å². The van der Waals surface area contributed by atoms with Gasteiger partial charge in [-0.05, 0) is 25.5 Å². The lowest BCUT2D eigenvalue weighted by Gasteiger charge is -2.25. The second-order valence-corrected chi connectivity index (χ2v) is 5.17. The molecule has 0 radical (unpaired) electrons. The van der Waals surface area contributed by atoms with Crippen molar-refractivity contribution in [3.8, 4) is 0 Å². The lowest BCUT2D eigenvalue weighted by atomic mass is 10.1. The second kappa shape index (κ2) is 5.56. The molecule has 0 spiro atoms. The van der Waals surface area contributed by atoms with Crippen molar-refractivity contribution >= 4 is 23.4 Å². The minimum absolute atomic E-state index is 0.0282. The molecule has 1 aromatic carbocycles. The van der Waals surface area contributed by atoms with Gasteiger partial charge >= 0.3 is 0 Å². The summed E-state index contributed by atoms with van der Waals surface area (Å²) in [6.45, 7) is 4.78. The predicted molar refractivity (Wildman–Crippen MR) is 73.5 cm³/mol. The molecule has 1 aliphatic rings. The average Bonchev–Trinajstić information content (AvgIpc) is 2.86. The number of carbonyl (C=O) groups excluding carboxylic acids is 1. The monoisotopic (exact) mass is 250 g/mol. The summed E-state index contributed by atoms with van der Waals surface area (Å²) in [6, 6.07) is 8.01. The van der Waals surface area contributed by atoms with Gasteiger partial charge in [0, 0.05) is 23.9 Å². The highest BCUT2D eigenvalue weighted by Gasteiger charge is 2.27. The Kier molecular flexibility index (Phi) is 4.07. The average molecular weight is 250 g/mol. The van der Waals surface area contributed by atoms with Gasteiger partial charge in [-0.3, -0.25) is 10.1 Å². The van der Waals surface area contributed by atoms with Gasteiger partial charge in [-0.1, -0.05) is 18.2 Å². The molecule has 4 heteroatoms. The zero-order chi connectivity index (χ0) is 12.3. The number of aryl methyl sites for hydroxylation is 1. The molecule has 0 aliphatic carbocycles. The molecule has 0 aromatic heterocycles. The van der Waals surface area contributed by atoms with E-state index >= 15 is 0 Å². The van der Waals surface area contributed by atoms with Crippen molar-refractivity contribution in [2.75, 3.05) is 23.1 Å². The number of amides is 1. The Balaban J connectivity index is 2.21. The lowest BCUT2D eigenvalue weighted by Crippen LogP contribution is -2.45. The number of hydrogen-bond donors (Lipinski definition) is 1. The number of likely N-dealkylation sites (N-methyl/N-ethyl adjacent to an activating group) is 1. The number of nitrogens with zero attached hydrogens (tertiary/aromatic N) is 1. The number of hydrogen-bond acceptors (Lipinski definition) is 3. The molecule has 17 heavy (non-hydrogen) atoms. The van der Waals surface area contributed by atoms with Gasteiger partial charge in [-0.2, -0.15) is 0 Å². The van der Waals surface area contributed by atoms with Crippen molar-refractivity contribution in [3.05, 3.63) is 29.8 Å². The van der Waals surface area contributed by atoms with Crippen molar-refractivity contribution in [1.29, 1.82) is 0 Å². The third-order valence-corrected chi connectivity index (χ3v) is 3.94. The van der Waals surface area contributed by atoms with Crippen molar-refractivity contribution < 1.29 is 4.79 Å². The summed E-state index contributed by atoms with van der Waals surface area (Å²) < 4.78 is 0. The third-order valence-electron chi connectivity index (χ3n) is 3.00. The van der Waals surface area contributed by atoms with E-state index in [1.165, 1.54) is 0 Å². The molecule has 1 aromatic rings. The quantitative estimate of drug-likeness (QED) is 0.890. The van der Waals surface area contributed by atoms with Gasteiger partial charge in [0.1, 0.15) is 0 Å². The number of anilines is 1. The first-order valence-electron chi connectivity index (χ1n) is 5.92. The zero-order valence-corrected chi connectivity index (χ0v) is 11.1. The summed E-state index contributed by atoms with van der Waals surface area (Å²) >= 11 is 1.78. The Morgan fingerprint density at radius 1 is 1.53 bits per heavy atom. The van der Waals surface area contributed by atoms with Crippen LogP contribution in [0.3, 0.4) is 0 Å². The van der Waals surface area contributed by atoms with E-state index in [9.17, 15) is 4.79 Å². The van der Waals surface area contributed by atoms with Gasteiger partial charge in [-0.25, -0.2) is 0 Å². The van der Waals surface area contributed by atoms with Crippen LogP contribution in [0.5, 0.6) is 0 Å². The van der Waals surface area contributed by atoms with Crippen molar-refractivity contribution in [3.63, 3.8) is 0 Å². The minimum Gasteiger partial charge on any atom is -0.311 e. The number of para-hydroxylation sites is 1. The van der Waals surface area contributed by atoms with Crippen LogP contribution in [0.2, 0.25) is 0 Å². The van der Waals surface area contributed by atoms with E-state index in [0.29, 0.717) is 6.54 Å². The Labute approximate surface area is 107 Å². The fraction of sp³-hybridized carbons (Fsp3) is 0.462. The molecule has 0 bridgehead atoms. The van der Waals surface area contributed by atoms with E-state index in [0.717, 1.165) is 22.9 Å². The van der Waals surface area contributed by atoms with E-state index in [4.69, 9.17) is 0 Å². The van der Waals surface area contributed by atoms with Gasteiger partial charge in [0.25, 0.3) is 0 Å². The molecular formula is C13H18N2OS. The number of carbonyl (C=O) groups is 1. The third kappa shape index (κ3) is 2.64. The molecule has 1 saturated heterocycles. The van der Waals surface area contributed by atoms with Gasteiger partial charge in [0.2, 0.25) is 5.91 Å². The summed E-state index contributed by atoms with van der Waals surface area (Å²) in [4.78, 5) is 14.3. The number of rotatable bonds is 3.